The Morgan fingerprint density at radius 2 is 2.33 bits per heavy atom. The van der Waals surface area contributed by atoms with Gasteiger partial charge in [-0.1, -0.05) is 17.0 Å². The zero-order chi connectivity index (χ0) is 15.2. The number of carbonyl (C=O) groups excluding carboxylic acids is 1. The zero-order valence-corrected chi connectivity index (χ0v) is 11.3. The number of hydrogen-bond donors (Lipinski definition) is 2. The summed E-state index contributed by atoms with van der Waals surface area (Å²) in [5.74, 6) is 4.81. The monoisotopic (exact) mass is 288 g/mol. The summed E-state index contributed by atoms with van der Waals surface area (Å²) in [6.45, 7) is 1.89. The number of aromatic nitrogens is 2. The number of nitrogens with one attached hydrogen (secondary N) is 1. The highest BCUT2D eigenvalue weighted by atomic mass is 19.1. The third-order valence-electron chi connectivity index (χ3n) is 2.53. The van der Waals surface area contributed by atoms with Gasteiger partial charge in [0, 0.05) is 12.5 Å². The Morgan fingerprint density at radius 3 is 2.95 bits per heavy atom. The molecule has 2 aromatic rings. The minimum atomic E-state index is -0.652. The summed E-state index contributed by atoms with van der Waals surface area (Å²) in [6, 6.07) is 4.11. The Kier molecular flexibility index (Phi) is 4.64. The van der Waals surface area contributed by atoms with Gasteiger partial charge in [-0.25, -0.2) is 4.39 Å². The lowest BCUT2D eigenvalue weighted by Gasteiger charge is -2.04. The molecule has 108 valence electrons. The predicted octanol–water partition coefficient (Wildman–Crippen LogP) is 0.757. The van der Waals surface area contributed by atoms with Gasteiger partial charge in [-0.15, -0.1) is 0 Å². The van der Waals surface area contributed by atoms with Gasteiger partial charge < -0.3 is 15.6 Å². The van der Waals surface area contributed by atoms with Gasteiger partial charge in [0.15, 0.2) is 5.82 Å². The number of amides is 1. The van der Waals surface area contributed by atoms with E-state index in [4.69, 9.17) is 10.3 Å². The largest absolute Gasteiger partial charge is 0.345 e. The fraction of sp³-hybridized carbons (Fsp3) is 0.214. The van der Waals surface area contributed by atoms with Crippen LogP contribution in [0.1, 0.15) is 27.6 Å². The molecule has 0 saturated heterocycles. The number of nitrogens with two attached hydrogens (primary N) is 1. The van der Waals surface area contributed by atoms with E-state index in [1.807, 2.05) is 0 Å². The molecule has 0 spiro atoms. The lowest BCUT2D eigenvalue weighted by atomic mass is 10.1. The Hall–Kier alpha value is -2.72. The van der Waals surface area contributed by atoms with Gasteiger partial charge >= 0.3 is 0 Å². The molecule has 0 aliphatic carbocycles. The van der Waals surface area contributed by atoms with Crippen molar-refractivity contribution in [2.45, 2.75) is 13.5 Å². The van der Waals surface area contributed by atoms with Crippen molar-refractivity contribution in [3.8, 4) is 11.8 Å². The fourth-order valence-electron chi connectivity index (χ4n) is 1.60. The van der Waals surface area contributed by atoms with Crippen LogP contribution in [0.3, 0.4) is 0 Å². The maximum Gasteiger partial charge on any atom is 0.254 e. The molecule has 6 nitrogen and oxygen atoms in total. The number of halogens is 1. The third-order valence-corrected chi connectivity index (χ3v) is 2.53. The molecule has 0 aliphatic heterocycles. The molecule has 0 bridgehead atoms. The van der Waals surface area contributed by atoms with Crippen LogP contribution >= 0.6 is 0 Å². The van der Waals surface area contributed by atoms with Crippen molar-refractivity contribution in [3.05, 3.63) is 46.9 Å². The molecule has 0 atom stereocenters. The van der Waals surface area contributed by atoms with Crippen LogP contribution in [0.5, 0.6) is 0 Å². The van der Waals surface area contributed by atoms with Crippen molar-refractivity contribution in [2.75, 3.05) is 6.54 Å². The van der Waals surface area contributed by atoms with Crippen LogP contribution in [0.15, 0.2) is 22.7 Å². The van der Waals surface area contributed by atoms with Crippen molar-refractivity contribution < 1.29 is 13.7 Å². The summed E-state index contributed by atoms with van der Waals surface area (Å²) < 4.78 is 18.6. The van der Waals surface area contributed by atoms with E-state index in [-0.39, 0.29) is 18.7 Å². The number of rotatable bonds is 3. The minimum Gasteiger partial charge on any atom is -0.345 e. The number of nitrogens with zero attached hydrogens (tertiary/aromatic N) is 2. The Labute approximate surface area is 120 Å². The van der Waals surface area contributed by atoms with E-state index in [1.165, 1.54) is 12.1 Å². The molecule has 0 unspecified atom stereocenters. The summed E-state index contributed by atoms with van der Waals surface area (Å²) in [6.07, 6.45) is 0. The molecule has 2 rings (SSSR count). The molecule has 21 heavy (non-hydrogen) atoms. The fourth-order valence-corrected chi connectivity index (χ4v) is 1.60. The van der Waals surface area contributed by atoms with Crippen LogP contribution in [0.4, 0.5) is 4.39 Å². The van der Waals surface area contributed by atoms with E-state index in [2.05, 4.69) is 27.3 Å². The quantitative estimate of drug-likeness (QED) is 0.813. The smallest absolute Gasteiger partial charge is 0.254 e. The first-order valence-corrected chi connectivity index (χ1v) is 6.16. The van der Waals surface area contributed by atoms with Crippen LogP contribution in [0.2, 0.25) is 0 Å². The second-order valence-corrected chi connectivity index (χ2v) is 4.11. The van der Waals surface area contributed by atoms with E-state index >= 15 is 0 Å². The van der Waals surface area contributed by atoms with Crippen LogP contribution < -0.4 is 11.1 Å². The van der Waals surface area contributed by atoms with Gasteiger partial charge in [0.1, 0.15) is 5.82 Å². The Balaban J connectivity index is 2.05. The number of hydrogen-bond acceptors (Lipinski definition) is 5. The number of benzene rings is 1. The zero-order valence-electron chi connectivity index (χ0n) is 11.3. The van der Waals surface area contributed by atoms with Gasteiger partial charge in [-0.05, 0) is 18.2 Å². The third kappa shape index (κ3) is 3.87. The normalized spacial score (nSPS) is 9.86. The maximum absolute atomic E-state index is 13.8. The van der Waals surface area contributed by atoms with Gasteiger partial charge in [0.05, 0.1) is 18.7 Å². The van der Waals surface area contributed by atoms with Crippen LogP contribution in [-0.2, 0) is 6.54 Å². The molecule has 0 saturated carbocycles. The molecule has 1 aromatic heterocycles. The summed E-state index contributed by atoms with van der Waals surface area (Å²) in [7, 11) is 0. The van der Waals surface area contributed by atoms with Gasteiger partial charge in [0.25, 0.3) is 5.91 Å². The first-order valence-electron chi connectivity index (χ1n) is 6.16. The van der Waals surface area contributed by atoms with Crippen LogP contribution in [-0.4, -0.2) is 22.6 Å². The average Bonchev–Trinajstić information content (AvgIpc) is 2.88. The van der Waals surface area contributed by atoms with E-state index in [0.717, 1.165) is 0 Å². The molecule has 0 aliphatic rings. The topological polar surface area (TPSA) is 94.0 Å². The van der Waals surface area contributed by atoms with E-state index in [0.29, 0.717) is 17.3 Å². The number of aryl methyl sites for hydroxylation is 1. The molecule has 0 radical (unpaired) electrons. The van der Waals surface area contributed by atoms with Gasteiger partial charge in [0.2, 0.25) is 5.89 Å². The van der Waals surface area contributed by atoms with E-state index < -0.39 is 11.7 Å². The second-order valence-electron chi connectivity index (χ2n) is 4.11. The van der Waals surface area contributed by atoms with E-state index in [1.54, 1.807) is 13.0 Å². The Bertz CT molecular complexity index is 715. The first kappa shape index (κ1) is 14.7. The second kappa shape index (κ2) is 6.63. The molecule has 1 aromatic carbocycles. The lowest BCUT2D eigenvalue weighted by molar-refractivity contribution is 0.0945. The number of carbonyl (C=O) groups is 1. The lowest BCUT2D eigenvalue weighted by Crippen LogP contribution is -2.24. The molecular weight excluding hydrogens is 275 g/mol. The summed E-state index contributed by atoms with van der Waals surface area (Å²) >= 11 is 0. The highest BCUT2D eigenvalue weighted by Crippen LogP contribution is 2.10. The average molecular weight is 288 g/mol. The van der Waals surface area contributed by atoms with Crippen molar-refractivity contribution in [2.24, 2.45) is 5.73 Å². The van der Waals surface area contributed by atoms with E-state index in [9.17, 15) is 9.18 Å². The SMILES string of the molecule is Cc1nc(CNC(=O)c2ccc(C#CCN)cc2F)no1. The molecule has 3 N–H and O–H groups in total. The maximum atomic E-state index is 13.8. The molecular formula is C14H13FN4O2. The van der Waals surface area contributed by atoms with Crippen LogP contribution in [0.25, 0.3) is 0 Å². The predicted molar refractivity (Wildman–Crippen MR) is 72.5 cm³/mol. The first-order chi connectivity index (χ1) is 10.1. The van der Waals surface area contributed by atoms with Crippen molar-refractivity contribution in [1.82, 2.24) is 15.5 Å². The highest BCUT2D eigenvalue weighted by molar-refractivity contribution is 5.94. The highest BCUT2D eigenvalue weighted by Gasteiger charge is 2.12. The molecule has 7 heteroatoms. The molecule has 0 fully saturated rings. The standard InChI is InChI=1S/C14H13FN4O2/c1-9-18-13(19-21-9)8-17-14(20)11-5-4-10(3-2-6-16)7-12(11)15/h4-5,7H,6,8,16H2,1H3,(H,17,20). The van der Waals surface area contributed by atoms with Crippen LogP contribution in [0, 0.1) is 24.6 Å². The van der Waals surface area contributed by atoms with Crippen molar-refractivity contribution >= 4 is 5.91 Å². The van der Waals surface area contributed by atoms with Gasteiger partial charge in [-0.3, -0.25) is 4.79 Å². The van der Waals surface area contributed by atoms with Gasteiger partial charge in [-0.2, -0.15) is 4.98 Å². The molecule has 1 heterocycles. The summed E-state index contributed by atoms with van der Waals surface area (Å²) in [4.78, 5) is 15.8. The Morgan fingerprint density at radius 1 is 1.52 bits per heavy atom. The summed E-state index contributed by atoms with van der Waals surface area (Å²) in [5.41, 5.74) is 5.62. The molecule has 1 amide bonds. The summed E-state index contributed by atoms with van der Waals surface area (Å²) in [5, 5.41) is 6.14. The van der Waals surface area contributed by atoms with Crippen molar-refractivity contribution in [1.29, 1.82) is 0 Å². The minimum absolute atomic E-state index is 0.0599. The van der Waals surface area contributed by atoms with Crippen molar-refractivity contribution in [3.63, 3.8) is 0 Å².